The molecule has 2 heteroatoms. The molecule has 0 unspecified atom stereocenters. The molecule has 1 nitrogen and oxygen atoms in total. The molecule has 0 aliphatic rings. The number of anilines is 3. The smallest absolute Gasteiger partial charge is 0.0555 e. The molecule has 1 heterocycles. The lowest BCUT2D eigenvalue weighted by Gasteiger charge is -2.31. The zero-order valence-electron chi connectivity index (χ0n) is 27.4. The molecule has 0 aliphatic heterocycles. The van der Waals surface area contributed by atoms with Gasteiger partial charge in [0.15, 0.2) is 0 Å². The van der Waals surface area contributed by atoms with Crippen LogP contribution in [-0.4, -0.2) is 0 Å². The summed E-state index contributed by atoms with van der Waals surface area (Å²) in [6, 6.07) is 72.3. The minimum Gasteiger partial charge on any atom is -0.309 e. The maximum atomic E-state index is 2.50. The Hall–Kier alpha value is -6.22. The summed E-state index contributed by atoms with van der Waals surface area (Å²) in [6.07, 6.45) is 0. The zero-order chi connectivity index (χ0) is 33.3. The van der Waals surface area contributed by atoms with Crippen LogP contribution in [0.2, 0.25) is 0 Å². The molecule has 0 amide bonds. The van der Waals surface area contributed by atoms with Crippen LogP contribution < -0.4 is 4.90 Å². The van der Waals surface area contributed by atoms with E-state index in [1.54, 1.807) is 0 Å². The average Bonchev–Trinajstić information content (AvgIpc) is 3.59. The van der Waals surface area contributed by atoms with Gasteiger partial charge in [-0.15, -0.1) is 11.3 Å². The first-order valence-electron chi connectivity index (χ1n) is 17.0. The minimum absolute atomic E-state index is 1.13. The summed E-state index contributed by atoms with van der Waals surface area (Å²) in [6.45, 7) is 0. The first-order chi connectivity index (χ1) is 24.8. The van der Waals surface area contributed by atoms with Crippen molar-refractivity contribution in [1.29, 1.82) is 0 Å². The monoisotopic (exact) mass is 655 g/mol. The summed E-state index contributed by atoms with van der Waals surface area (Å²) in [5, 5.41) is 2.55. The summed E-state index contributed by atoms with van der Waals surface area (Å²) >= 11 is 1.86. The SMILES string of the molecule is c1ccc(-c2ccccc2-c2ccccc2-c2ccccc2N(c2ccccc2-c2ccccc2)c2cccc3sc4ccccc4c23)cc1. The van der Waals surface area contributed by atoms with Crippen LogP contribution in [0, 0.1) is 0 Å². The highest BCUT2D eigenvalue weighted by molar-refractivity contribution is 7.26. The van der Waals surface area contributed by atoms with Gasteiger partial charge >= 0.3 is 0 Å². The second-order valence-electron chi connectivity index (χ2n) is 12.4. The molecule has 0 saturated heterocycles. The van der Waals surface area contributed by atoms with Gasteiger partial charge in [-0.1, -0.05) is 170 Å². The highest BCUT2D eigenvalue weighted by atomic mass is 32.1. The Morgan fingerprint density at radius 3 is 1.38 bits per heavy atom. The maximum absolute atomic E-state index is 2.50. The molecule has 0 aliphatic carbocycles. The molecule has 8 aromatic carbocycles. The van der Waals surface area contributed by atoms with E-state index in [9.17, 15) is 0 Å². The molecule has 1 aromatic heterocycles. The topological polar surface area (TPSA) is 3.24 Å². The number of thiophene rings is 1. The summed E-state index contributed by atoms with van der Waals surface area (Å²) < 4.78 is 2.57. The molecule has 50 heavy (non-hydrogen) atoms. The molecule has 0 saturated carbocycles. The van der Waals surface area contributed by atoms with Crippen LogP contribution in [0.25, 0.3) is 64.7 Å². The molecule has 0 spiro atoms. The van der Waals surface area contributed by atoms with Crippen molar-refractivity contribution >= 4 is 48.6 Å². The van der Waals surface area contributed by atoms with Gasteiger partial charge in [0.25, 0.3) is 0 Å². The van der Waals surface area contributed by atoms with Crippen molar-refractivity contribution in [3.05, 3.63) is 200 Å². The minimum atomic E-state index is 1.13. The van der Waals surface area contributed by atoms with E-state index in [1.807, 2.05) is 11.3 Å². The lowest BCUT2D eigenvalue weighted by atomic mass is 9.88. The van der Waals surface area contributed by atoms with E-state index in [-0.39, 0.29) is 0 Å². The van der Waals surface area contributed by atoms with E-state index in [2.05, 4.69) is 205 Å². The van der Waals surface area contributed by atoms with E-state index in [1.165, 1.54) is 64.7 Å². The second-order valence-corrected chi connectivity index (χ2v) is 13.5. The molecule has 0 fully saturated rings. The normalized spacial score (nSPS) is 11.2. The third kappa shape index (κ3) is 5.27. The highest BCUT2D eigenvalue weighted by Crippen LogP contribution is 2.50. The van der Waals surface area contributed by atoms with Crippen molar-refractivity contribution in [2.45, 2.75) is 0 Å². The van der Waals surface area contributed by atoms with E-state index in [0.717, 1.165) is 17.1 Å². The van der Waals surface area contributed by atoms with Crippen molar-refractivity contribution in [1.82, 2.24) is 0 Å². The highest BCUT2D eigenvalue weighted by Gasteiger charge is 2.24. The van der Waals surface area contributed by atoms with Crippen LogP contribution >= 0.6 is 11.3 Å². The molecule has 0 radical (unpaired) electrons. The molecule has 0 N–H and O–H groups in total. The fourth-order valence-electron chi connectivity index (χ4n) is 7.30. The fourth-order valence-corrected chi connectivity index (χ4v) is 8.43. The molecule has 0 bridgehead atoms. The number of hydrogen-bond donors (Lipinski definition) is 0. The zero-order valence-corrected chi connectivity index (χ0v) is 28.2. The predicted octanol–water partition coefficient (Wildman–Crippen LogP) is 14.2. The van der Waals surface area contributed by atoms with Crippen molar-refractivity contribution in [2.75, 3.05) is 4.90 Å². The summed E-state index contributed by atoms with van der Waals surface area (Å²) in [5.74, 6) is 0. The van der Waals surface area contributed by atoms with Gasteiger partial charge in [-0.2, -0.15) is 0 Å². The lowest BCUT2D eigenvalue weighted by Crippen LogP contribution is -2.13. The van der Waals surface area contributed by atoms with E-state index in [0.29, 0.717) is 0 Å². The maximum Gasteiger partial charge on any atom is 0.0555 e. The van der Waals surface area contributed by atoms with Crippen LogP contribution in [0.1, 0.15) is 0 Å². The summed E-state index contributed by atoms with van der Waals surface area (Å²) in [7, 11) is 0. The number of hydrogen-bond acceptors (Lipinski definition) is 2. The van der Waals surface area contributed by atoms with Gasteiger partial charge in [-0.3, -0.25) is 0 Å². The van der Waals surface area contributed by atoms with Crippen molar-refractivity contribution in [2.24, 2.45) is 0 Å². The van der Waals surface area contributed by atoms with Crippen LogP contribution in [-0.2, 0) is 0 Å². The summed E-state index contributed by atoms with van der Waals surface area (Å²) in [4.78, 5) is 2.50. The Morgan fingerprint density at radius 1 is 0.280 bits per heavy atom. The van der Waals surface area contributed by atoms with Crippen molar-refractivity contribution < 1.29 is 0 Å². The number of para-hydroxylation sites is 2. The third-order valence-electron chi connectivity index (χ3n) is 9.52. The first kappa shape index (κ1) is 29.9. The lowest BCUT2D eigenvalue weighted by molar-refractivity contribution is 1.30. The predicted molar refractivity (Wildman–Crippen MR) is 216 cm³/mol. The van der Waals surface area contributed by atoms with Crippen molar-refractivity contribution in [3.8, 4) is 44.5 Å². The molecule has 0 atom stereocenters. The number of benzene rings is 8. The molecule has 9 aromatic rings. The molecular formula is C48H33NS. The largest absolute Gasteiger partial charge is 0.309 e. The number of nitrogens with zero attached hydrogens (tertiary/aromatic N) is 1. The van der Waals surface area contributed by atoms with Crippen molar-refractivity contribution in [3.63, 3.8) is 0 Å². The van der Waals surface area contributed by atoms with Gasteiger partial charge in [-0.05, 0) is 63.7 Å². The van der Waals surface area contributed by atoms with Crippen LogP contribution in [0.15, 0.2) is 200 Å². The third-order valence-corrected chi connectivity index (χ3v) is 10.7. The van der Waals surface area contributed by atoms with Gasteiger partial charge in [0.2, 0.25) is 0 Å². The van der Waals surface area contributed by atoms with E-state index in [4.69, 9.17) is 0 Å². The first-order valence-corrected chi connectivity index (χ1v) is 17.8. The standard InChI is InChI=1S/C48H33NS/c1-3-18-34(19-4-1)36-22-7-8-24-38(36)39-25-9-10-26-40(39)41-27-12-15-30-44(41)49(43-29-14-11-23-37(43)35-20-5-2-6-21-35)45-31-17-33-47-48(45)42-28-13-16-32-46(42)50-47/h1-33H. The second kappa shape index (κ2) is 13.0. The van der Waals surface area contributed by atoms with Crippen LogP contribution in [0.4, 0.5) is 17.1 Å². The van der Waals surface area contributed by atoms with Gasteiger partial charge in [0.1, 0.15) is 0 Å². The van der Waals surface area contributed by atoms with Gasteiger partial charge in [0, 0.05) is 31.3 Å². The molecule has 9 rings (SSSR count). The van der Waals surface area contributed by atoms with E-state index < -0.39 is 0 Å². The van der Waals surface area contributed by atoms with Crippen LogP contribution in [0.5, 0.6) is 0 Å². The Labute approximate surface area is 297 Å². The molecule has 236 valence electrons. The number of rotatable bonds is 7. The summed E-state index contributed by atoms with van der Waals surface area (Å²) in [5.41, 5.74) is 13.0. The number of fused-ring (bicyclic) bond motifs is 3. The Balaban J connectivity index is 1.34. The van der Waals surface area contributed by atoms with Gasteiger partial charge < -0.3 is 4.90 Å². The Morgan fingerprint density at radius 2 is 0.700 bits per heavy atom. The van der Waals surface area contributed by atoms with E-state index >= 15 is 0 Å². The van der Waals surface area contributed by atoms with Gasteiger partial charge in [0.05, 0.1) is 17.1 Å². The van der Waals surface area contributed by atoms with Gasteiger partial charge in [-0.25, -0.2) is 0 Å². The van der Waals surface area contributed by atoms with Crippen LogP contribution in [0.3, 0.4) is 0 Å². The quantitative estimate of drug-likeness (QED) is 0.165. The fraction of sp³-hybridized carbons (Fsp3) is 0. The Kier molecular flexibility index (Phi) is 7.77. The Bertz CT molecular complexity index is 2600. The average molecular weight is 656 g/mol. The molecular weight excluding hydrogens is 623 g/mol.